The van der Waals surface area contributed by atoms with Crippen LogP contribution in [-0.4, -0.2) is 37.2 Å². The molecule has 6 heteroatoms. The van der Waals surface area contributed by atoms with Crippen LogP contribution in [0.1, 0.15) is 271 Å². The molecule has 0 aromatic carbocycles. The summed E-state index contributed by atoms with van der Waals surface area (Å²) in [4.78, 5) is 38.0. The molecular formula is C58H102O6. The smallest absolute Gasteiger partial charge is 0.306 e. The second-order valence-corrected chi connectivity index (χ2v) is 18.1. The summed E-state index contributed by atoms with van der Waals surface area (Å²) in [6, 6.07) is 0. The minimum atomic E-state index is -0.803. The van der Waals surface area contributed by atoms with Crippen molar-refractivity contribution in [3.63, 3.8) is 0 Å². The van der Waals surface area contributed by atoms with Crippen LogP contribution < -0.4 is 0 Å². The van der Waals surface area contributed by atoms with E-state index in [9.17, 15) is 14.4 Å². The van der Waals surface area contributed by atoms with Crippen molar-refractivity contribution in [3.05, 3.63) is 60.8 Å². The minimum Gasteiger partial charge on any atom is -0.462 e. The van der Waals surface area contributed by atoms with E-state index in [-0.39, 0.29) is 37.5 Å². The third kappa shape index (κ3) is 50.1. The van der Waals surface area contributed by atoms with E-state index in [2.05, 4.69) is 75.5 Å². The van der Waals surface area contributed by atoms with Gasteiger partial charge in [-0.15, -0.1) is 0 Å². The zero-order chi connectivity index (χ0) is 46.5. The van der Waals surface area contributed by atoms with E-state index in [1.54, 1.807) is 0 Å². The molecule has 0 heterocycles. The molecule has 0 aromatic heterocycles. The fraction of sp³-hybridized carbons (Fsp3) is 0.776. The van der Waals surface area contributed by atoms with Gasteiger partial charge >= 0.3 is 17.9 Å². The van der Waals surface area contributed by atoms with Crippen molar-refractivity contribution >= 4 is 17.9 Å². The third-order valence-electron chi connectivity index (χ3n) is 11.7. The first kappa shape index (κ1) is 61.1. The van der Waals surface area contributed by atoms with Gasteiger partial charge in [0.1, 0.15) is 13.2 Å². The van der Waals surface area contributed by atoms with Crippen molar-refractivity contribution in [1.82, 2.24) is 0 Å². The van der Waals surface area contributed by atoms with Crippen molar-refractivity contribution in [2.24, 2.45) is 0 Å². The van der Waals surface area contributed by atoms with Gasteiger partial charge < -0.3 is 14.2 Å². The fourth-order valence-electron chi connectivity index (χ4n) is 7.58. The zero-order valence-electron chi connectivity index (χ0n) is 42.3. The molecule has 0 rings (SSSR count). The number of carbonyl (C=O) groups excluding carboxylic acids is 3. The van der Waals surface area contributed by atoms with E-state index in [1.807, 2.05) is 6.08 Å². The van der Waals surface area contributed by atoms with Gasteiger partial charge in [0, 0.05) is 19.3 Å². The van der Waals surface area contributed by atoms with Gasteiger partial charge in [-0.1, -0.05) is 216 Å². The summed E-state index contributed by atoms with van der Waals surface area (Å²) in [5.41, 5.74) is 0. The predicted octanol–water partition coefficient (Wildman–Crippen LogP) is 18.0. The van der Waals surface area contributed by atoms with Crippen molar-refractivity contribution in [1.29, 1.82) is 0 Å². The van der Waals surface area contributed by atoms with E-state index in [1.165, 1.54) is 148 Å². The Bertz CT molecular complexity index is 1170. The lowest BCUT2D eigenvalue weighted by atomic mass is 10.1. The largest absolute Gasteiger partial charge is 0.462 e. The molecular weight excluding hydrogens is 793 g/mol. The molecule has 0 saturated carbocycles. The first-order valence-electron chi connectivity index (χ1n) is 27.3. The molecule has 0 amide bonds. The number of rotatable bonds is 49. The van der Waals surface area contributed by atoms with Gasteiger partial charge in [0.05, 0.1) is 0 Å². The predicted molar refractivity (Wildman–Crippen MR) is 275 cm³/mol. The molecule has 0 fully saturated rings. The second kappa shape index (κ2) is 52.7. The lowest BCUT2D eigenvalue weighted by Gasteiger charge is -2.18. The van der Waals surface area contributed by atoms with Crippen LogP contribution in [0.4, 0.5) is 0 Å². The maximum atomic E-state index is 12.8. The maximum Gasteiger partial charge on any atom is 0.306 e. The molecule has 0 aliphatic heterocycles. The van der Waals surface area contributed by atoms with Crippen LogP contribution in [0.15, 0.2) is 60.8 Å². The van der Waals surface area contributed by atoms with E-state index < -0.39 is 6.10 Å². The van der Waals surface area contributed by atoms with Crippen LogP contribution in [0.5, 0.6) is 0 Å². The second-order valence-electron chi connectivity index (χ2n) is 18.1. The molecule has 6 nitrogen and oxygen atoms in total. The Morgan fingerprint density at radius 1 is 0.312 bits per heavy atom. The quantitative estimate of drug-likeness (QED) is 0.0262. The Kier molecular flexibility index (Phi) is 50.4. The minimum absolute atomic E-state index is 0.0982. The van der Waals surface area contributed by atoms with E-state index in [0.29, 0.717) is 19.3 Å². The number of ether oxygens (including phenoxy) is 3. The van der Waals surface area contributed by atoms with Crippen molar-refractivity contribution in [2.45, 2.75) is 277 Å². The average Bonchev–Trinajstić information content (AvgIpc) is 3.29. The first-order valence-corrected chi connectivity index (χ1v) is 27.3. The number of unbranched alkanes of at least 4 members (excludes halogenated alkanes) is 28. The average molecular weight is 895 g/mol. The van der Waals surface area contributed by atoms with Gasteiger partial charge in [-0.3, -0.25) is 14.4 Å². The van der Waals surface area contributed by atoms with Crippen molar-refractivity contribution in [2.75, 3.05) is 13.2 Å². The van der Waals surface area contributed by atoms with Crippen LogP contribution in [0.3, 0.4) is 0 Å². The maximum absolute atomic E-state index is 12.8. The number of hydrogen-bond acceptors (Lipinski definition) is 6. The summed E-state index contributed by atoms with van der Waals surface area (Å²) < 4.78 is 16.8. The van der Waals surface area contributed by atoms with Gasteiger partial charge in [-0.05, 0) is 96.3 Å². The molecule has 1 unspecified atom stereocenters. The van der Waals surface area contributed by atoms with E-state index >= 15 is 0 Å². The SMILES string of the molecule is CCCCC/C=C\C/C=C\CCCCCCCCCC(=O)OCC(COC(=O)CC/C=C\C/C=C\CCCCCCCC)OC(=O)CCCCCCC/C=C\CCCCCCCCC. The number of hydrogen-bond donors (Lipinski definition) is 0. The summed E-state index contributed by atoms with van der Waals surface area (Å²) in [5, 5.41) is 0. The highest BCUT2D eigenvalue weighted by Gasteiger charge is 2.19. The summed E-state index contributed by atoms with van der Waals surface area (Å²) in [5.74, 6) is -0.978. The Hall–Kier alpha value is -2.89. The summed E-state index contributed by atoms with van der Waals surface area (Å²) in [6.45, 7) is 6.55. The first-order chi connectivity index (χ1) is 31.5. The van der Waals surface area contributed by atoms with Gasteiger partial charge in [0.25, 0.3) is 0 Å². The van der Waals surface area contributed by atoms with E-state index in [0.717, 1.165) is 77.0 Å². The highest BCUT2D eigenvalue weighted by Crippen LogP contribution is 2.14. The number of allylic oxidation sites excluding steroid dienone is 10. The number of esters is 3. The summed E-state index contributed by atoms with van der Waals surface area (Å²) in [6.07, 6.45) is 65.0. The van der Waals surface area contributed by atoms with Crippen LogP contribution in [0.25, 0.3) is 0 Å². The highest BCUT2D eigenvalue weighted by atomic mass is 16.6. The Morgan fingerprint density at radius 2 is 0.594 bits per heavy atom. The highest BCUT2D eigenvalue weighted by molar-refractivity contribution is 5.71. The molecule has 370 valence electrons. The molecule has 0 radical (unpaired) electrons. The monoisotopic (exact) mass is 895 g/mol. The van der Waals surface area contributed by atoms with Crippen LogP contribution >= 0.6 is 0 Å². The Labute approximate surface area is 396 Å². The molecule has 0 N–H and O–H groups in total. The fourth-order valence-corrected chi connectivity index (χ4v) is 7.58. The number of carbonyl (C=O) groups is 3. The van der Waals surface area contributed by atoms with Gasteiger partial charge in [-0.2, -0.15) is 0 Å². The summed E-state index contributed by atoms with van der Waals surface area (Å²) in [7, 11) is 0. The topological polar surface area (TPSA) is 78.9 Å². The normalized spacial score (nSPS) is 12.5. The molecule has 1 atom stereocenters. The molecule has 0 saturated heterocycles. The molecule has 0 aliphatic carbocycles. The molecule has 0 aliphatic rings. The summed E-state index contributed by atoms with van der Waals surface area (Å²) >= 11 is 0. The van der Waals surface area contributed by atoms with Crippen LogP contribution in [0.2, 0.25) is 0 Å². The molecule has 64 heavy (non-hydrogen) atoms. The third-order valence-corrected chi connectivity index (χ3v) is 11.7. The van der Waals surface area contributed by atoms with Crippen molar-refractivity contribution in [3.8, 4) is 0 Å². The molecule has 0 aromatic rings. The molecule has 0 spiro atoms. The van der Waals surface area contributed by atoms with Crippen LogP contribution in [-0.2, 0) is 28.6 Å². The zero-order valence-corrected chi connectivity index (χ0v) is 42.3. The molecule has 0 bridgehead atoms. The van der Waals surface area contributed by atoms with Gasteiger partial charge in [0.2, 0.25) is 0 Å². The Morgan fingerprint density at radius 3 is 1.00 bits per heavy atom. The Balaban J connectivity index is 4.44. The van der Waals surface area contributed by atoms with E-state index in [4.69, 9.17) is 14.2 Å². The van der Waals surface area contributed by atoms with Gasteiger partial charge in [0.15, 0.2) is 6.10 Å². The van der Waals surface area contributed by atoms with Gasteiger partial charge in [-0.25, -0.2) is 0 Å². The lowest BCUT2D eigenvalue weighted by Crippen LogP contribution is -2.30. The lowest BCUT2D eigenvalue weighted by molar-refractivity contribution is -0.166. The standard InChI is InChI=1S/C58H102O6/c1-4-7-10-13-16-19-22-25-27-29-31-33-36-39-42-45-48-51-57(60)63-54-55(53-62-56(59)50-47-44-41-38-35-32-24-21-18-15-12-9-6-3)64-58(61)52-49-46-43-40-37-34-30-28-26-23-20-17-14-11-8-5-2/h16,19,25,27-28,30,32,35,41,44,55H,4-15,17-18,20-24,26,29,31,33-34,36-40,42-43,45-54H2,1-3H3/b19-16-,27-25-,30-28-,35-32-,44-41-. The van der Waals surface area contributed by atoms with Crippen molar-refractivity contribution < 1.29 is 28.6 Å². The van der Waals surface area contributed by atoms with Crippen LogP contribution in [0, 0.1) is 0 Å².